The molecule has 1 amide bonds. The minimum atomic E-state index is -0.339. The van der Waals surface area contributed by atoms with Gasteiger partial charge >= 0.3 is 0 Å². The van der Waals surface area contributed by atoms with Crippen molar-refractivity contribution in [2.45, 2.75) is 6.92 Å². The second kappa shape index (κ2) is 7.23. The number of carbonyl (C=O) groups excluding carboxylic acids is 1. The van der Waals surface area contributed by atoms with Crippen LogP contribution in [0.1, 0.15) is 21.6 Å². The van der Waals surface area contributed by atoms with Crippen LogP contribution in [0, 0.1) is 6.92 Å². The third-order valence-electron chi connectivity index (χ3n) is 3.42. The van der Waals surface area contributed by atoms with Crippen molar-refractivity contribution in [2.24, 2.45) is 5.10 Å². The van der Waals surface area contributed by atoms with E-state index in [0.717, 1.165) is 15.6 Å². The number of halogens is 1. The number of aromatic nitrogens is 2. The molecule has 0 aliphatic heterocycles. The van der Waals surface area contributed by atoms with Crippen molar-refractivity contribution >= 4 is 28.1 Å². The summed E-state index contributed by atoms with van der Waals surface area (Å²) in [6.07, 6.45) is 1.60. The molecule has 3 aromatic rings. The summed E-state index contributed by atoms with van der Waals surface area (Å²) in [5.41, 5.74) is 6.57. The highest BCUT2D eigenvalue weighted by atomic mass is 79.9. The van der Waals surface area contributed by atoms with E-state index in [0.29, 0.717) is 11.4 Å². The number of carbonyl (C=O) groups is 1. The monoisotopic (exact) mass is 382 g/mol. The lowest BCUT2D eigenvalue weighted by molar-refractivity contribution is 0.0950. The van der Waals surface area contributed by atoms with Crippen LogP contribution in [0.25, 0.3) is 11.3 Å². The number of aromatic amines is 1. The van der Waals surface area contributed by atoms with E-state index in [9.17, 15) is 4.79 Å². The number of H-pyrrole nitrogens is 1. The van der Waals surface area contributed by atoms with Crippen molar-refractivity contribution in [3.63, 3.8) is 0 Å². The molecule has 5 nitrogen and oxygen atoms in total. The Hall–Kier alpha value is -2.73. The number of nitrogens with zero attached hydrogens (tertiary/aromatic N) is 2. The number of benzene rings is 2. The van der Waals surface area contributed by atoms with Crippen LogP contribution in [0.5, 0.6) is 0 Å². The normalized spacial score (nSPS) is 10.9. The van der Waals surface area contributed by atoms with Crippen molar-refractivity contribution in [1.29, 1.82) is 0 Å². The van der Waals surface area contributed by atoms with Crippen molar-refractivity contribution in [3.05, 3.63) is 75.9 Å². The van der Waals surface area contributed by atoms with Gasteiger partial charge in [0.2, 0.25) is 0 Å². The molecule has 0 spiro atoms. The first-order chi connectivity index (χ1) is 11.6. The van der Waals surface area contributed by atoms with E-state index >= 15 is 0 Å². The first-order valence-corrected chi connectivity index (χ1v) is 8.12. The number of hydrogen-bond acceptors (Lipinski definition) is 3. The molecule has 1 heterocycles. The van der Waals surface area contributed by atoms with Gasteiger partial charge in [-0.3, -0.25) is 9.89 Å². The Morgan fingerprint density at radius 2 is 1.88 bits per heavy atom. The standard InChI is InChI=1S/C18H15BrN4O/c1-12-2-4-13(5-3-12)11-20-23-18(24)17-10-16(21-22-17)14-6-8-15(19)9-7-14/h2-11H,1H3,(H,21,22)(H,23,24). The molecule has 1 aromatic heterocycles. The zero-order valence-corrected chi connectivity index (χ0v) is 14.5. The summed E-state index contributed by atoms with van der Waals surface area (Å²) in [5, 5.41) is 10.8. The average Bonchev–Trinajstić information content (AvgIpc) is 3.07. The Bertz CT molecular complexity index is 867. The van der Waals surface area contributed by atoms with Crippen molar-refractivity contribution in [3.8, 4) is 11.3 Å². The number of amides is 1. The first-order valence-electron chi connectivity index (χ1n) is 7.33. The van der Waals surface area contributed by atoms with Gasteiger partial charge in [0.15, 0.2) is 0 Å². The van der Waals surface area contributed by atoms with Crippen LogP contribution < -0.4 is 5.43 Å². The van der Waals surface area contributed by atoms with Gasteiger partial charge < -0.3 is 0 Å². The second-order valence-corrected chi connectivity index (χ2v) is 6.20. The fraction of sp³-hybridized carbons (Fsp3) is 0.0556. The molecule has 120 valence electrons. The van der Waals surface area contributed by atoms with E-state index in [-0.39, 0.29) is 5.91 Å². The summed E-state index contributed by atoms with van der Waals surface area (Å²) >= 11 is 3.39. The number of nitrogens with one attached hydrogen (secondary N) is 2. The Kier molecular flexibility index (Phi) is 4.86. The van der Waals surface area contributed by atoms with E-state index in [1.165, 1.54) is 5.56 Å². The van der Waals surface area contributed by atoms with E-state index < -0.39 is 0 Å². The zero-order valence-electron chi connectivity index (χ0n) is 13.0. The highest BCUT2D eigenvalue weighted by molar-refractivity contribution is 9.10. The molecule has 0 bridgehead atoms. The first kappa shape index (κ1) is 16.1. The molecule has 0 saturated heterocycles. The summed E-state index contributed by atoms with van der Waals surface area (Å²) in [7, 11) is 0. The maximum Gasteiger partial charge on any atom is 0.289 e. The molecule has 2 N–H and O–H groups in total. The van der Waals surface area contributed by atoms with Gasteiger partial charge in [-0.15, -0.1) is 0 Å². The second-order valence-electron chi connectivity index (χ2n) is 5.28. The fourth-order valence-electron chi connectivity index (χ4n) is 2.08. The maximum absolute atomic E-state index is 12.1. The molecular weight excluding hydrogens is 368 g/mol. The van der Waals surface area contributed by atoms with E-state index in [2.05, 4.69) is 36.7 Å². The number of hydrazone groups is 1. The van der Waals surface area contributed by atoms with Crippen molar-refractivity contribution in [1.82, 2.24) is 15.6 Å². The lowest BCUT2D eigenvalue weighted by Crippen LogP contribution is -2.17. The quantitative estimate of drug-likeness (QED) is 0.530. The van der Waals surface area contributed by atoms with E-state index in [1.807, 2.05) is 55.5 Å². The van der Waals surface area contributed by atoms with Crippen LogP contribution >= 0.6 is 15.9 Å². The third-order valence-corrected chi connectivity index (χ3v) is 3.95. The van der Waals surface area contributed by atoms with Gasteiger partial charge in [0, 0.05) is 10.0 Å². The van der Waals surface area contributed by atoms with Gasteiger partial charge in [-0.1, -0.05) is 57.9 Å². The Morgan fingerprint density at radius 1 is 1.17 bits per heavy atom. The lowest BCUT2D eigenvalue weighted by atomic mass is 10.1. The number of aryl methyl sites for hydroxylation is 1. The summed E-state index contributed by atoms with van der Waals surface area (Å²) in [5.74, 6) is -0.339. The Morgan fingerprint density at radius 3 is 2.58 bits per heavy atom. The molecule has 0 saturated carbocycles. The lowest BCUT2D eigenvalue weighted by Gasteiger charge is -1.97. The van der Waals surface area contributed by atoms with Crippen LogP contribution in [0.2, 0.25) is 0 Å². The number of rotatable bonds is 4. The topological polar surface area (TPSA) is 70.1 Å². The Balaban J connectivity index is 1.65. The summed E-state index contributed by atoms with van der Waals surface area (Å²) in [4.78, 5) is 12.1. The van der Waals surface area contributed by atoms with Gasteiger partial charge in [0.1, 0.15) is 5.69 Å². The molecule has 0 fully saturated rings. The maximum atomic E-state index is 12.1. The van der Waals surface area contributed by atoms with E-state index in [1.54, 1.807) is 12.3 Å². The van der Waals surface area contributed by atoms with Gasteiger partial charge in [-0.05, 0) is 30.7 Å². The highest BCUT2D eigenvalue weighted by Gasteiger charge is 2.10. The van der Waals surface area contributed by atoms with Crippen LogP contribution in [0.15, 0.2) is 64.2 Å². The smallest absolute Gasteiger partial charge is 0.272 e. The van der Waals surface area contributed by atoms with Gasteiger partial charge in [-0.25, -0.2) is 5.43 Å². The van der Waals surface area contributed by atoms with Gasteiger partial charge in [-0.2, -0.15) is 10.2 Å². The van der Waals surface area contributed by atoms with Gasteiger partial charge in [0.25, 0.3) is 5.91 Å². The SMILES string of the molecule is Cc1ccc(C=NNC(=O)c2cc(-c3ccc(Br)cc3)n[nH]2)cc1. The molecule has 2 aromatic carbocycles. The predicted octanol–water partition coefficient (Wildman–Crippen LogP) is 3.91. The largest absolute Gasteiger partial charge is 0.289 e. The fourth-order valence-corrected chi connectivity index (χ4v) is 2.35. The van der Waals surface area contributed by atoms with Crippen molar-refractivity contribution in [2.75, 3.05) is 0 Å². The van der Waals surface area contributed by atoms with Crippen LogP contribution in [0.3, 0.4) is 0 Å². The molecule has 0 aliphatic carbocycles. The van der Waals surface area contributed by atoms with Crippen molar-refractivity contribution < 1.29 is 4.79 Å². The average molecular weight is 383 g/mol. The predicted molar refractivity (Wildman–Crippen MR) is 98.0 cm³/mol. The van der Waals surface area contributed by atoms with Crippen LogP contribution in [-0.2, 0) is 0 Å². The molecule has 0 atom stereocenters. The number of hydrogen-bond donors (Lipinski definition) is 2. The third kappa shape index (κ3) is 3.97. The van der Waals surface area contributed by atoms with Crippen LogP contribution in [0.4, 0.5) is 0 Å². The zero-order chi connectivity index (χ0) is 16.9. The summed E-state index contributed by atoms with van der Waals surface area (Å²) in [6.45, 7) is 2.02. The highest BCUT2D eigenvalue weighted by Crippen LogP contribution is 2.20. The molecular formula is C18H15BrN4O. The molecule has 6 heteroatoms. The minimum absolute atomic E-state index is 0.339. The Labute approximate surface area is 147 Å². The molecule has 3 rings (SSSR count). The molecule has 0 radical (unpaired) electrons. The van der Waals surface area contributed by atoms with Crippen LogP contribution in [-0.4, -0.2) is 22.3 Å². The molecule has 0 aliphatic rings. The van der Waals surface area contributed by atoms with E-state index in [4.69, 9.17) is 0 Å². The molecule has 24 heavy (non-hydrogen) atoms. The molecule has 0 unspecified atom stereocenters. The van der Waals surface area contributed by atoms with Gasteiger partial charge in [0.05, 0.1) is 11.9 Å². The summed E-state index contributed by atoms with van der Waals surface area (Å²) < 4.78 is 0.991. The minimum Gasteiger partial charge on any atom is -0.272 e. The summed E-state index contributed by atoms with van der Waals surface area (Å²) in [6, 6.07) is 17.3.